The lowest BCUT2D eigenvalue weighted by molar-refractivity contribution is -0.126. The molecule has 2 amide bonds. The Bertz CT molecular complexity index is 880. The van der Waals surface area contributed by atoms with Crippen LogP contribution in [-0.4, -0.2) is 22.8 Å². The lowest BCUT2D eigenvalue weighted by Crippen LogP contribution is -2.41. The topological polar surface area (TPSA) is 71.1 Å². The number of carbonyl (C=O) groups excluding carboxylic acids is 2. The van der Waals surface area contributed by atoms with Crippen molar-refractivity contribution in [2.24, 2.45) is 0 Å². The van der Waals surface area contributed by atoms with Gasteiger partial charge in [-0.15, -0.1) is 0 Å². The highest BCUT2D eigenvalue weighted by atomic mass is 16.2. The second-order valence-corrected chi connectivity index (χ2v) is 7.97. The summed E-state index contributed by atoms with van der Waals surface area (Å²) in [6, 6.07) is 2.81. The number of aromatic nitrogens is 1. The molecule has 188 valence electrons. The number of nitrogens with zero attached hydrogens (tertiary/aromatic N) is 1. The van der Waals surface area contributed by atoms with E-state index in [1.54, 1.807) is 31.5 Å². The van der Waals surface area contributed by atoms with Gasteiger partial charge in [-0.05, 0) is 64.0 Å². The number of hydrogen-bond acceptors (Lipinski definition) is 3. The molecular formula is C30H41N3O2. The van der Waals surface area contributed by atoms with E-state index >= 15 is 0 Å². The van der Waals surface area contributed by atoms with Gasteiger partial charge in [-0.25, -0.2) is 0 Å². The van der Waals surface area contributed by atoms with Crippen molar-refractivity contribution in [1.29, 1.82) is 0 Å². The Morgan fingerprint density at radius 2 is 1.23 bits per heavy atom. The molecule has 0 saturated heterocycles. The summed E-state index contributed by atoms with van der Waals surface area (Å²) in [4.78, 5) is 28.0. The Hall–Kier alpha value is -3.47. The minimum atomic E-state index is -0.596. The van der Waals surface area contributed by atoms with Crippen LogP contribution in [0.5, 0.6) is 0 Å². The minimum Gasteiger partial charge on any atom is -0.345 e. The summed E-state index contributed by atoms with van der Waals surface area (Å²) in [6.07, 6.45) is 35.9. The first-order valence-corrected chi connectivity index (χ1v) is 12.5. The van der Waals surface area contributed by atoms with Crippen LogP contribution < -0.4 is 10.6 Å². The maximum Gasteiger partial charge on any atom is 0.246 e. The molecule has 1 atom stereocenters. The number of carbonyl (C=O) groups is 2. The van der Waals surface area contributed by atoms with Gasteiger partial charge in [0.15, 0.2) is 0 Å². The summed E-state index contributed by atoms with van der Waals surface area (Å²) < 4.78 is 0. The highest BCUT2D eigenvalue weighted by molar-refractivity contribution is 5.96. The van der Waals surface area contributed by atoms with Crippen LogP contribution in [0.4, 0.5) is 5.69 Å². The molecular weight excluding hydrogens is 434 g/mol. The van der Waals surface area contributed by atoms with E-state index in [0.29, 0.717) is 18.5 Å². The van der Waals surface area contributed by atoms with Crippen LogP contribution in [0.1, 0.15) is 65.2 Å². The molecule has 0 spiro atoms. The number of allylic oxidation sites excluding steroid dienone is 12. The van der Waals surface area contributed by atoms with Gasteiger partial charge in [-0.3, -0.25) is 14.6 Å². The predicted molar refractivity (Wildman–Crippen MR) is 148 cm³/mol. The molecule has 0 bridgehead atoms. The summed E-state index contributed by atoms with van der Waals surface area (Å²) in [5, 5.41) is 5.47. The van der Waals surface area contributed by atoms with Crippen molar-refractivity contribution in [3.8, 4) is 0 Å². The van der Waals surface area contributed by atoms with Crippen LogP contribution in [0.25, 0.3) is 0 Å². The molecule has 0 aliphatic heterocycles. The lowest BCUT2D eigenvalue weighted by Gasteiger charge is -2.13. The first kappa shape index (κ1) is 29.6. The van der Waals surface area contributed by atoms with Gasteiger partial charge in [0, 0.05) is 24.5 Å². The SMILES string of the molecule is CCC=CCC=CCC=CCC=CCC=CCC=CCCC(=O)NC(C)C(=O)Nc1ccncc1. The summed E-state index contributed by atoms with van der Waals surface area (Å²) in [6.45, 7) is 3.82. The third-order valence-electron chi connectivity index (χ3n) is 4.85. The first-order valence-electron chi connectivity index (χ1n) is 12.5. The largest absolute Gasteiger partial charge is 0.345 e. The van der Waals surface area contributed by atoms with Crippen molar-refractivity contribution < 1.29 is 9.59 Å². The van der Waals surface area contributed by atoms with E-state index in [1.165, 1.54) is 0 Å². The van der Waals surface area contributed by atoms with Gasteiger partial charge >= 0.3 is 0 Å². The zero-order valence-corrected chi connectivity index (χ0v) is 21.2. The maximum atomic E-state index is 12.1. The number of anilines is 1. The van der Waals surface area contributed by atoms with E-state index in [0.717, 1.165) is 38.5 Å². The van der Waals surface area contributed by atoms with Gasteiger partial charge < -0.3 is 10.6 Å². The quantitative estimate of drug-likeness (QED) is 0.238. The van der Waals surface area contributed by atoms with Crippen LogP contribution in [0.2, 0.25) is 0 Å². The second-order valence-electron chi connectivity index (χ2n) is 7.97. The van der Waals surface area contributed by atoms with Gasteiger partial charge in [-0.2, -0.15) is 0 Å². The van der Waals surface area contributed by atoms with Gasteiger partial charge in [-0.1, -0.05) is 79.8 Å². The third kappa shape index (κ3) is 17.6. The van der Waals surface area contributed by atoms with Crippen LogP contribution in [0.15, 0.2) is 97.4 Å². The number of amides is 2. The fraction of sp³-hybridized carbons (Fsp3) is 0.367. The standard InChI is InChI=1S/C30H41N3O2/c1-3-4-5-6-7-8-9-10-11-12-13-14-15-16-17-18-19-20-21-22-29(34)32-27(2)30(35)33-28-23-25-31-26-24-28/h4-5,7-8,10-11,13-14,16-17,19-20,23-27H,3,6,9,12,15,18,21-22H2,1-2H3,(H,32,34)(H,31,33,35). The van der Waals surface area contributed by atoms with Gasteiger partial charge in [0.05, 0.1) is 0 Å². The maximum absolute atomic E-state index is 12.1. The molecule has 0 aromatic carbocycles. The number of hydrogen-bond donors (Lipinski definition) is 2. The molecule has 0 radical (unpaired) electrons. The Kier molecular flexibility index (Phi) is 17.8. The highest BCUT2D eigenvalue weighted by Gasteiger charge is 2.15. The van der Waals surface area contributed by atoms with E-state index in [2.05, 4.69) is 89.4 Å². The van der Waals surface area contributed by atoms with E-state index < -0.39 is 6.04 Å². The van der Waals surface area contributed by atoms with Crippen molar-refractivity contribution >= 4 is 17.5 Å². The molecule has 0 aliphatic rings. The van der Waals surface area contributed by atoms with E-state index in [1.807, 2.05) is 6.08 Å². The number of pyridine rings is 1. The van der Waals surface area contributed by atoms with Gasteiger partial charge in [0.25, 0.3) is 0 Å². The predicted octanol–water partition coefficient (Wildman–Crippen LogP) is 7.00. The Balaban J connectivity index is 2.05. The molecule has 1 aromatic rings. The molecule has 2 N–H and O–H groups in total. The molecule has 1 unspecified atom stereocenters. The van der Waals surface area contributed by atoms with E-state index in [4.69, 9.17) is 0 Å². The number of rotatable bonds is 17. The molecule has 5 heteroatoms. The highest BCUT2D eigenvalue weighted by Crippen LogP contribution is 2.04. The normalized spacial score (nSPS) is 13.2. The average Bonchev–Trinajstić information content (AvgIpc) is 2.86. The van der Waals surface area contributed by atoms with Crippen LogP contribution in [0, 0.1) is 0 Å². The van der Waals surface area contributed by atoms with Crippen molar-refractivity contribution in [2.45, 2.75) is 71.3 Å². The molecule has 0 fully saturated rings. The first-order chi connectivity index (χ1) is 17.1. The van der Waals surface area contributed by atoms with Gasteiger partial charge in [0.1, 0.15) is 6.04 Å². The summed E-state index contributed by atoms with van der Waals surface area (Å²) in [5.41, 5.74) is 0.657. The smallest absolute Gasteiger partial charge is 0.246 e. The molecule has 0 aliphatic carbocycles. The summed E-state index contributed by atoms with van der Waals surface area (Å²) >= 11 is 0. The average molecular weight is 476 g/mol. The molecule has 1 heterocycles. The minimum absolute atomic E-state index is 0.137. The summed E-state index contributed by atoms with van der Waals surface area (Å²) in [7, 11) is 0. The Morgan fingerprint density at radius 1 is 0.771 bits per heavy atom. The van der Waals surface area contributed by atoms with Crippen LogP contribution in [0.3, 0.4) is 0 Å². The Labute approximate surface area is 211 Å². The third-order valence-corrected chi connectivity index (χ3v) is 4.85. The zero-order chi connectivity index (χ0) is 25.4. The van der Waals surface area contributed by atoms with E-state index in [9.17, 15) is 9.59 Å². The molecule has 0 saturated carbocycles. The molecule has 5 nitrogen and oxygen atoms in total. The van der Waals surface area contributed by atoms with Crippen molar-refractivity contribution in [1.82, 2.24) is 10.3 Å². The monoisotopic (exact) mass is 475 g/mol. The summed E-state index contributed by atoms with van der Waals surface area (Å²) in [5.74, 6) is -0.389. The van der Waals surface area contributed by atoms with Crippen molar-refractivity contribution in [2.75, 3.05) is 5.32 Å². The lowest BCUT2D eigenvalue weighted by atomic mass is 10.2. The molecule has 35 heavy (non-hydrogen) atoms. The zero-order valence-electron chi connectivity index (χ0n) is 21.2. The van der Waals surface area contributed by atoms with Crippen LogP contribution >= 0.6 is 0 Å². The molecule has 1 rings (SSSR count). The van der Waals surface area contributed by atoms with Crippen molar-refractivity contribution in [3.05, 3.63) is 97.4 Å². The van der Waals surface area contributed by atoms with Gasteiger partial charge in [0.2, 0.25) is 11.8 Å². The second kappa shape index (κ2) is 21.1. The van der Waals surface area contributed by atoms with Crippen molar-refractivity contribution in [3.63, 3.8) is 0 Å². The van der Waals surface area contributed by atoms with Crippen LogP contribution in [-0.2, 0) is 9.59 Å². The molecule has 1 aromatic heterocycles. The Morgan fingerprint density at radius 3 is 1.71 bits per heavy atom. The fourth-order valence-corrected chi connectivity index (χ4v) is 2.92. The fourth-order valence-electron chi connectivity index (χ4n) is 2.92. The number of nitrogens with one attached hydrogen (secondary N) is 2. The van der Waals surface area contributed by atoms with E-state index in [-0.39, 0.29) is 11.8 Å².